The third-order valence-corrected chi connectivity index (χ3v) is 9.63. The van der Waals surface area contributed by atoms with E-state index in [0.29, 0.717) is 5.56 Å². The highest BCUT2D eigenvalue weighted by atomic mass is 33.1. The summed E-state index contributed by atoms with van der Waals surface area (Å²) in [4.78, 5) is 40.3. The van der Waals surface area contributed by atoms with E-state index in [0.717, 1.165) is 0 Å². The monoisotopic (exact) mass is 410 g/mol. The summed E-state index contributed by atoms with van der Waals surface area (Å²) in [6.45, 7) is 3.42. The molecule has 4 aliphatic rings. The molecule has 4 saturated heterocycles. The second kappa shape index (κ2) is 5.64. The Morgan fingerprint density at radius 2 is 1.81 bits per heavy atom. The second-order valence-corrected chi connectivity index (χ2v) is 10.3. The number of hydrogen-bond acceptors (Lipinski definition) is 6. The number of hydrogen-bond donors (Lipinski definition) is 0. The highest BCUT2D eigenvalue weighted by Crippen LogP contribution is 2.69. The van der Waals surface area contributed by atoms with Gasteiger partial charge in [0.05, 0.1) is 18.6 Å². The van der Waals surface area contributed by atoms with Gasteiger partial charge in [-0.05, 0) is 31.5 Å². The van der Waals surface area contributed by atoms with E-state index >= 15 is 0 Å². The molecule has 4 aliphatic heterocycles. The lowest BCUT2D eigenvalue weighted by molar-refractivity contribution is -0.165. The molecule has 4 atom stereocenters. The smallest absolute Gasteiger partial charge is 0.314 e. The van der Waals surface area contributed by atoms with Gasteiger partial charge in [-0.15, -0.1) is 0 Å². The van der Waals surface area contributed by atoms with Gasteiger partial charge in [0.25, 0.3) is 11.8 Å². The fourth-order valence-electron chi connectivity index (χ4n) is 4.38. The summed E-state index contributed by atoms with van der Waals surface area (Å²) in [5.74, 6) is -1.34. The van der Waals surface area contributed by atoms with Crippen molar-refractivity contribution in [1.82, 2.24) is 9.80 Å². The van der Waals surface area contributed by atoms with Crippen LogP contribution < -0.4 is 0 Å². The molecule has 2 bridgehead atoms. The molecule has 144 valence electrons. The average Bonchev–Trinajstić information content (AvgIpc) is 2.94. The standard InChI is InChI=1S/C18H19FN2O4S2/c1-16(15(24)25-4)9-18-14(23)20(3)17(2,26-27-18)13(22)21(18)12(16)10-5-7-11(19)8-6-10/h5-8,12H,9H2,1-4H3/t12?,16-,17-,18-/m0/s1. The molecular formula is C18H19FN2O4S2. The van der Waals surface area contributed by atoms with Crippen molar-refractivity contribution < 1.29 is 23.5 Å². The van der Waals surface area contributed by atoms with Gasteiger partial charge in [0.15, 0.2) is 9.74 Å². The first-order valence-electron chi connectivity index (χ1n) is 8.44. The number of carbonyl (C=O) groups is 3. The van der Waals surface area contributed by atoms with Gasteiger partial charge in [0.2, 0.25) is 0 Å². The number of rotatable bonds is 2. The van der Waals surface area contributed by atoms with Gasteiger partial charge in [-0.25, -0.2) is 4.39 Å². The maximum Gasteiger partial charge on any atom is 0.314 e. The van der Waals surface area contributed by atoms with Crippen molar-refractivity contribution in [3.05, 3.63) is 35.6 Å². The Balaban J connectivity index is 1.95. The minimum atomic E-state index is -1.18. The van der Waals surface area contributed by atoms with E-state index in [1.54, 1.807) is 37.9 Å². The van der Waals surface area contributed by atoms with E-state index in [1.807, 2.05) is 0 Å². The number of nitrogens with zero attached hydrogens (tertiary/aromatic N) is 2. The molecule has 1 aromatic carbocycles. The number of halogens is 1. The molecule has 9 heteroatoms. The van der Waals surface area contributed by atoms with Gasteiger partial charge in [0.1, 0.15) is 5.82 Å². The van der Waals surface area contributed by atoms with E-state index in [1.165, 1.54) is 45.7 Å². The molecule has 1 spiro atoms. The number of ether oxygens (including phenoxy) is 1. The van der Waals surface area contributed by atoms with Crippen molar-refractivity contribution in [3.8, 4) is 0 Å². The highest BCUT2D eigenvalue weighted by Gasteiger charge is 2.76. The molecule has 0 N–H and O–H groups in total. The highest BCUT2D eigenvalue weighted by molar-refractivity contribution is 8.78. The number of esters is 1. The van der Waals surface area contributed by atoms with Crippen LogP contribution in [-0.2, 0) is 19.1 Å². The molecule has 0 saturated carbocycles. The van der Waals surface area contributed by atoms with Crippen molar-refractivity contribution in [2.45, 2.75) is 36.1 Å². The normalized spacial score (nSPS) is 37.6. The number of methoxy groups -OCH3 is 1. The number of carbonyl (C=O) groups excluding carboxylic acids is 3. The maximum absolute atomic E-state index is 13.5. The summed E-state index contributed by atoms with van der Waals surface area (Å²) in [6.07, 6.45) is 0.136. The van der Waals surface area contributed by atoms with Crippen LogP contribution in [0.5, 0.6) is 0 Å². The van der Waals surface area contributed by atoms with Crippen LogP contribution in [0, 0.1) is 11.2 Å². The largest absolute Gasteiger partial charge is 0.469 e. The molecule has 0 aromatic heterocycles. The number of piperazine rings is 1. The predicted octanol–water partition coefficient (Wildman–Crippen LogP) is 2.56. The zero-order valence-electron chi connectivity index (χ0n) is 15.3. The molecule has 0 radical (unpaired) electrons. The molecule has 5 rings (SSSR count). The first-order chi connectivity index (χ1) is 12.6. The molecule has 4 fully saturated rings. The molecule has 0 aliphatic carbocycles. The lowest BCUT2D eigenvalue weighted by Crippen LogP contribution is -2.73. The van der Waals surface area contributed by atoms with Crippen molar-refractivity contribution in [2.24, 2.45) is 5.41 Å². The number of amides is 2. The van der Waals surface area contributed by atoms with Crippen LogP contribution >= 0.6 is 21.6 Å². The SMILES string of the molecule is COC(=O)[C@@]1(C)C[C@@]23SS[C@@](C)(C(=O)N2C1c1ccc(F)cc1)N(C)C3=O. The Labute approximate surface area is 164 Å². The summed E-state index contributed by atoms with van der Waals surface area (Å²) in [6, 6.07) is 4.99. The molecule has 2 amide bonds. The van der Waals surface area contributed by atoms with Crippen molar-refractivity contribution in [1.29, 1.82) is 0 Å². The number of benzene rings is 1. The van der Waals surface area contributed by atoms with E-state index in [-0.39, 0.29) is 18.2 Å². The van der Waals surface area contributed by atoms with Gasteiger partial charge < -0.3 is 14.5 Å². The average molecular weight is 410 g/mol. The zero-order valence-corrected chi connectivity index (χ0v) is 16.9. The second-order valence-electron chi connectivity index (χ2n) is 7.51. The minimum Gasteiger partial charge on any atom is -0.469 e. The van der Waals surface area contributed by atoms with Gasteiger partial charge in [-0.1, -0.05) is 33.7 Å². The van der Waals surface area contributed by atoms with Crippen LogP contribution in [0.1, 0.15) is 31.9 Å². The van der Waals surface area contributed by atoms with E-state index < -0.39 is 33.0 Å². The summed E-state index contributed by atoms with van der Waals surface area (Å²) in [5.41, 5.74) is -0.534. The van der Waals surface area contributed by atoms with E-state index in [4.69, 9.17) is 4.74 Å². The third-order valence-electron chi connectivity index (χ3n) is 5.93. The number of fused-ring (bicyclic) bond motifs is 2. The fraction of sp³-hybridized carbons (Fsp3) is 0.500. The minimum absolute atomic E-state index is 0.136. The Morgan fingerprint density at radius 1 is 1.19 bits per heavy atom. The fourth-order valence-corrected chi connectivity index (χ4v) is 7.96. The Morgan fingerprint density at radius 3 is 2.41 bits per heavy atom. The first-order valence-corrected chi connectivity index (χ1v) is 10.6. The van der Waals surface area contributed by atoms with Crippen LogP contribution in [0.4, 0.5) is 4.39 Å². The first kappa shape index (κ1) is 18.6. The summed E-state index contributed by atoms with van der Waals surface area (Å²) >= 11 is 0. The zero-order chi connectivity index (χ0) is 19.8. The van der Waals surface area contributed by atoms with Crippen LogP contribution in [0.15, 0.2) is 24.3 Å². The molecule has 4 heterocycles. The van der Waals surface area contributed by atoms with Crippen molar-refractivity contribution in [3.63, 3.8) is 0 Å². The summed E-state index contributed by atoms with van der Waals surface area (Å²) in [7, 11) is 5.58. The molecule has 6 nitrogen and oxygen atoms in total. The van der Waals surface area contributed by atoms with Crippen LogP contribution in [0.25, 0.3) is 0 Å². The third kappa shape index (κ3) is 2.12. The van der Waals surface area contributed by atoms with Crippen molar-refractivity contribution >= 4 is 39.4 Å². The Hall–Kier alpha value is -1.74. The molecular weight excluding hydrogens is 391 g/mol. The topological polar surface area (TPSA) is 66.9 Å². The van der Waals surface area contributed by atoms with Crippen LogP contribution in [0.3, 0.4) is 0 Å². The summed E-state index contributed by atoms with van der Waals surface area (Å²) < 4.78 is 18.5. The Bertz CT molecular complexity index is 865. The predicted molar refractivity (Wildman–Crippen MR) is 99.8 cm³/mol. The summed E-state index contributed by atoms with van der Waals surface area (Å²) in [5, 5.41) is 0. The van der Waals surface area contributed by atoms with Gasteiger partial charge in [0, 0.05) is 13.5 Å². The van der Waals surface area contributed by atoms with Crippen LogP contribution in [-0.4, -0.2) is 51.5 Å². The maximum atomic E-state index is 13.5. The molecule has 1 aromatic rings. The molecule has 1 unspecified atom stereocenters. The number of likely N-dealkylation sites (N-methyl/N-ethyl adjacent to an activating group) is 1. The lowest BCUT2D eigenvalue weighted by atomic mass is 9.78. The van der Waals surface area contributed by atoms with E-state index in [9.17, 15) is 18.8 Å². The van der Waals surface area contributed by atoms with Crippen molar-refractivity contribution in [2.75, 3.05) is 14.2 Å². The Kier molecular flexibility index (Phi) is 3.89. The van der Waals surface area contributed by atoms with Gasteiger partial charge in [-0.2, -0.15) is 0 Å². The van der Waals surface area contributed by atoms with Gasteiger partial charge in [-0.3, -0.25) is 14.4 Å². The quantitative estimate of drug-likeness (QED) is 0.552. The van der Waals surface area contributed by atoms with E-state index in [2.05, 4.69) is 0 Å². The lowest BCUT2D eigenvalue weighted by Gasteiger charge is -2.57. The van der Waals surface area contributed by atoms with Gasteiger partial charge >= 0.3 is 5.97 Å². The molecule has 27 heavy (non-hydrogen) atoms. The van der Waals surface area contributed by atoms with Crippen LogP contribution in [0.2, 0.25) is 0 Å².